The molecule has 6 nitrogen and oxygen atoms in total. The van der Waals surface area contributed by atoms with E-state index >= 15 is 0 Å². The smallest absolute Gasteiger partial charge is 0.222 e. The van der Waals surface area contributed by atoms with Crippen molar-refractivity contribution in [1.29, 1.82) is 0 Å². The van der Waals surface area contributed by atoms with E-state index in [4.69, 9.17) is 18.9 Å². The van der Waals surface area contributed by atoms with Crippen molar-refractivity contribution in [2.24, 2.45) is 4.99 Å². The highest BCUT2D eigenvalue weighted by atomic mass is 16.5. The number of fused-ring (bicyclic) bond motifs is 1. The van der Waals surface area contributed by atoms with Crippen molar-refractivity contribution in [2.75, 3.05) is 21.3 Å². The van der Waals surface area contributed by atoms with Gasteiger partial charge in [0.05, 0.1) is 27.0 Å². The van der Waals surface area contributed by atoms with Crippen LogP contribution in [-0.2, 0) is 9.53 Å². The van der Waals surface area contributed by atoms with Crippen LogP contribution in [0.1, 0.15) is 17.2 Å². The SMILES string of the molecule is COc1cc(C2=Nc3ccccc3C(C=O)O2)cc(OC)c1OC. The summed E-state index contributed by atoms with van der Waals surface area (Å²) in [5.74, 6) is 1.77. The van der Waals surface area contributed by atoms with Crippen molar-refractivity contribution in [3.63, 3.8) is 0 Å². The van der Waals surface area contributed by atoms with E-state index in [2.05, 4.69) is 4.99 Å². The van der Waals surface area contributed by atoms with E-state index in [-0.39, 0.29) is 0 Å². The standard InChI is InChI=1S/C18H17NO5/c1-21-14-8-11(9-15(22-2)17(14)23-3)18-19-13-7-5-4-6-12(13)16(10-20)24-18/h4-10,16H,1-3H3. The quantitative estimate of drug-likeness (QED) is 0.790. The summed E-state index contributed by atoms with van der Waals surface area (Å²) in [6.45, 7) is 0. The summed E-state index contributed by atoms with van der Waals surface area (Å²) in [7, 11) is 4.61. The molecule has 1 aliphatic rings. The Labute approximate surface area is 139 Å². The predicted octanol–water partition coefficient (Wildman–Crippen LogP) is 3.06. The second-order valence-corrected chi connectivity index (χ2v) is 5.06. The van der Waals surface area contributed by atoms with Gasteiger partial charge in [0.15, 0.2) is 23.9 Å². The zero-order valence-corrected chi connectivity index (χ0v) is 13.6. The lowest BCUT2D eigenvalue weighted by Gasteiger charge is -2.23. The fourth-order valence-electron chi connectivity index (χ4n) is 2.59. The minimum Gasteiger partial charge on any atom is -0.493 e. The first-order chi connectivity index (χ1) is 11.7. The Morgan fingerprint density at radius 2 is 1.71 bits per heavy atom. The van der Waals surface area contributed by atoms with Gasteiger partial charge in [0.25, 0.3) is 0 Å². The van der Waals surface area contributed by atoms with Gasteiger partial charge in [0.1, 0.15) is 0 Å². The molecule has 2 aromatic carbocycles. The minimum absolute atomic E-state index is 0.324. The monoisotopic (exact) mass is 327 g/mol. The molecule has 0 bridgehead atoms. The molecular weight excluding hydrogens is 310 g/mol. The zero-order valence-electron chi connectivity index (χ0n) is 13.6. The van der Waals surface area contributed by atoms with E-state index in [1.54, 1.807) is 12.1 Å². The predicted molar refractivity (Wildman–Crippen MR) is 88.6 cm³/mol. The van der Waals surface area contributed by atoms with Crippen molar-refractivity contribution in [1.82, 2.24) is 0 Å². The van der Waals surface area contributed by atoms with E-state index in [0.29, 0.717) is 34.4 Å². The summed E-state index contributed by atoms with van der Waals surface area (Å²) in [5.41, 5.74) is 2.07. The van der Waals surface area contributed by atoms with Gasteiger partial charge in [-0.15, -0.1) is 0 Å². The van der Waals surface area contributed by atoms with Crippen LogP contribution < -0.4 is 14.2 Å². The highest BCUT2D eigenvalue weighted by Gasteiger charge is 2.25. The Morgan fingerprint density at radius 3 is 2.29 bits per heavy atom. The zero-order chi connectivity index (χ0) is 17.1. The number of benzene rings is 2. The van der Waals surface area contributed by atoms with E-state index < -0.39 is 6.10 Å². The third-order valence-corrected chi connectivity index (χ3v) is 3.74. The van der Waals surface area contributed by atoms with Gasteiger partial charge in [-0.25, -0.2) is 4.99 Å². The molecule has 0 N–H and O–H groups in total. The van der Waals surface area contributed by atoms with Crippen LogP contribution in [0.4, 0.5) is 5.69 Å². The maximum absolute atomic E-state index is 11.4. The molecule has 0 saturated heterocycles. The summed E-state index contributed by atoms with van der Waals surface area (Å²) in [6.07, 6.45) is 0.0543. The highest BCUT2D eigenvalue weighted by Crippen LogP contribution is 2.40. The molecule has 0 aromatic heterocycles. The molecule has 24 heavy (non-hydrogen) atoms. The van der Waals surface area contributed by atoms with Crippen LogP contribution >= 0.6 is 0 Å². The number of ether oxygens (including phenoxy) is 4. The molecule has 0 fully saturated rings. The number of hydrogen-bond acceptors (Lipinski definition) is 6. The van der Waals surface area contributed by atoms with Gasteiger partial charge in [-0.2, -0.15) is 0 Å². The van der Waals surface area contributed by atoms with Crippen LogP contribution in [-0.4, -0.2) is 33.5 Å². The topological polar surface area (TPSA) is 66.4 Å². The first-order valence-corrected chi connectivity index (χ1v) is 7.31. The van der Waals surface area contributed by atoms with E-state index in [9.17, 15) is 4.79 Å². The summed E-state index contributed by atoms with van der Waals surface area (Å²) in [5, 5.41) is 0. The lowest BCUT2D eigenvalue weighted by molar-refractivity contribution is -0.114. The molecule has 0 saturated carbocycles. The number of methoxy groups -OCH3 is 3. The van der Waals surface area contributed by atoms with Crippen LogP contribution in [0.25, 0.3) is 0 Å². The molecule has 1 heterocycles. The average molecular weight is 327 g/mol. The number of para-hydroxylation sites is 1. The Balaban J connectivity index is 2.12. The van der Waals surface area contributed by atoms with Crippen molar-refractivity contribution in [3.8, 4) is 17.2 Å². The summed E-state index contributed by atoms with van der Waals surface area (Å²) in [6, 6.07) is 10.8. The summed E-state index contributed by atoms with van der Waals surface area (Å²) in [4.78, 5) is 15.9. The van der Waals surface area contributed by atoms with E-state index in [1.165, 1.54) is 21.3 Å². The molecule has 6 heteroatoms. The van der Waals surface area contributed by atoms with Gasteiger partial charge < -0.3 is 18.9 Å². The number of rotatable bonds is 5. The van der Waals surface area contributed by atoms with Gasteiger partial charge in [-0.3, -0.25) is 4.79 Å². The molecular formula is C18H17NO5. The first-order valence-electron chi connectivity index (χ1n) is 7.31. The second-order valence-electron chi connectivity index (χ2n) is 5.06. The number of aliphatic imine (C=N–C) groups is 1. The lowest BCUT2D eigenvalue weighted by Crippen LogP contribution is -2.18. The molecule has 2 aromatic rings. The third-order valence-electron chi connectivity index (χ3n) is 3.74. The number of nitrogens with zero attached hydrogens (tertiary/aromatic N) is 1. The highest BCUT2D eigenvalue weighted by molar-refractivity contribution is 5.99. The van der Waals surface area contributed by atoms with Gasteiger partial charge >= 0.3 is 0 Å². The molecule has 1 unspecified atom stereocenters. The number of carbonyl (C=O) groups is 1. The largest absolute Gasteiger partial charge is 0.493 e. The molecule has 0 spiro atoms. The fraction of sp³-hybridized carbons (Fsp3) is 0.222. The minimum atomic E-state index is -0.701. The Morgan fingerprint density at radius 1 is 1.04 bits per heavy atom. The fourth-order valence-corrected chi connectivity index (χ4v) is 2.59. The van der Waals surface area contributed by atoms with Gasteiger partial charge in [-0.05, 0) is 18.2 Å². The van der Waals surface area contributed by atoms with Crippen molar-refractivity contribution < 1.29 is 23.7 Å². The van der Waals surface area contributed by atoms with Crippen LogP contribution in [0.2, 0.25) is 0 Å². The second kappa shape index (κ2) is 6.62. The molecule has 0 radical (unpaired) electrons. The first kappa shape index (κ1) is 15.9. The maximum atomic E-state index is 11.4. The van der Waals surface area contributed by atoms with Gasteiger partial charge in [0, 0.05) is 11.1 Å². The Kier molecular flexibility index (Phi) is 4.37. The van der Waals surface area contributed by atoms with Gasteiger partial charge in [0.2, 0.25) is 11.6 Å². The normalized spacial score (nSPS) is 15.6. The molecule has 124 valence electrons. The van der Waals surface area contributed by atoms with E-state index in [1.807, 2.05) is 24.3 Å². The van der Waals surface area contributed by atoms with E-state index in [0.717, 1.165) is 11.8 Å². The molecule has 0 amide bonds. The third kappa shape index (κ3) is 2.67. The molecule has 1 atom stereocenters. The van der Waals surface area contributed by atoms with Crippen molar-refractivity contribution >= 4 is 17.9 Å². The van der Waals surface area contributed by atoms with Crippen LogP contribution in [0.15, 0.2) is 41.4 Å². The molecule has 0 aliphatic carbocycles. The molecule has 1 aliphatic heterocycles. The van der Waals surface area contributed by atoms with Crippen molar-refractivity contribution in [3.05, 3.63) is 47.5 Å². The summed E-state index contributed by atoms with van der Waals surface area (Å²) >= 11 is 0. The average Bonchev–Trinajstić information content (AvgIpc) is 2.65. The number of aldehydes is 1. The van der Waals surface area contributed by atoms with Crippen LogP contribution in [0, 0.1) is 0 Å². The number of hydrogen-bond donors (Lipinski definition) is 0. The Hall–Kier alpha value is -3.02. The van der Waals surface area contributed by atoms with Crippen LogP contribution in [0.3, 0.4) is 0 Å². The molecule has 3 rings (SSSR count). The summed E-state index contributed by atoms with van der Waals surface area (Å²) < 4.78 is 21.8. The maximum Gasteiger partial charge on any atom is 0.222 e. The van der Waals surface area contributed by atoms with Crippen LogP contribution in [0.5, 0.6) is 17.2 Å². The Bertz CT molecular complexity index is 775. The van der Waals surface area contributed by atoms with Gasteiger partial charge in [-0.1, -0.05) is 18.2 Å². The lowest BCUT2D eigenvalue weighted by atomic mass is 10.1. The number of carbonyl (C=O) groups excluding carboxylic acids is 1. The van der Waals surface area contributed by atoms with Crippen molar-refractivity contribution in [2.45, 2.75) is 6.10 Å².